The van der Waals surface area contributed by atoms with Gasteiger partial charge in [0.2, 0.25) is 0 Å². The first-order valence-electron chi connectivity index (χ1n) is 7.52. The zero-order valence-electron chi connectivity index (χ0n) is 13.5. The van der Waals surface area contributed by atoms with E-state index in [0.29, 0.717) is 17.9 Å². The molecule has 25 heavy (non-hydrogen) atoms. The molecule has 0 aliphatic carbocycles. The number of nitro benzene ring substituents is 1. The molecule has 126 valence electrons. The first-order valence-corrected chi connectivity index (χ1v) is 7.52. The van der Waals surface area contributed by atoms with Crippen LogP contribution in [-0.4, -0.2) is 27.6 Å². The number of benzene rings is 2. The summed E-state index contributed by atoms with van der Waals surface area (Å²) in [5.41, 5.74) is 2.08. The van der Waals surface area contributed by atoms with E-state index in [4.69, 9.17) is 4.74 Å². The average Bonchev–Trinajstić information content (AvgIpc) is 3.09. The number of carbonyl (C=O) groups excluding carboxylic acids is 1. The van der Waals surface area contributed by atoms with Crippen molar-refractivity contribution >= 4 is 11.7 Å². The Morgan fingerprint density at radius 1 is 1.20 bits per heavy atom. The molecule has 0 fully saturated rings. The average molecular weight is 337 g/mol. The zero-order valence-corrected chi connectivity index (χ0v) is 13.5. The van der Waals surface area contributed by atoms with Gasteiger partial charge in [-0.25, -0.2) is 9.78 Å². The molecule has 0 saturated heterocycles. The number of rotatable bonds is 5. The van der Waals surface area contributed by atoms with Crippen LogP contribution >= 0.6 is 0 Å². The van der Waals surface area contributed by atoms with Gasteiger partial charge in [-0.3, -0.25) is 10.1 Å². The Kier molecular flexibility index (Phi) is 4.56. The van der Waals surface area contributed by atoms with Crippen LogP contribution in [0.5, 0.6) is 0 Å². The summed E-state index contributed by atoms with van der Waals surface area (Å²) in [6.07, 6.45) is 3.45. The number of carbonyl (C=O) groups is 1. The molecule has 0 unspecified atom stereocenters. The van der Waals surface area contributed by atoms with Gasteiger partial charge in [-0.15, -0.1) is 0 Å². The smallest absolute Gasteiger partial charge is 0.338 e. The summed E-state index contributed by atoms with van der Waals surface area (Å²) >= 11 is 0. The summed E-state index contributed by atoms with van der Waals surface area (Å²) < 4.78 is 6.70. The van der Waals surface area contributed by atoms with Gasteiger partial charge in [-0.1, -0.05) is 18.2 Å². The lowest BCUT2D eigenvalue weighted by Crippen LogP contribution is -2.09. The third-order valence-electron chi connectivity index (χ3n) is 3.82. The number of hydrogen-bond acceptors (Lipinski definition) is 5. The fraction of sp³-hybridized carbons (Fsp3) is 0.111. The van der Waals surface area contributed by atoms with Gasteiger partial charge in [0.05, 0.1) is 17.6 Å². The lowest BCUT2D eigenvalue weighted by molar-refractivity contribution is -0.384. The van der Waals surface area contributed by atoms with E-state index >= 15 is 0 Å². The maximum atomic E-state index is 11.9. The van der Waals surface area contributed by atoms with Crippen LogP contribution < -0.4 is 0 Å². The van der Waals surface area contributed by atoms with Gasteiger partial charge < -0.3 is 9.30 Å². The second-order valence-corrected chi connectivity index (χ2v) is 5.33. The van der Waals surface area contributed by atoms with Crippen molar-refractivity contribution in [2.45, 2.75) is 6.54 Å². The lowest BCUT2D eigenvalue weighted by atomic mass is 10.1. The van der Waals surface area contributed by atoms with E-state index in [-0.39, 0.29) is 5.69 Å². The summed E-state index contributed by atoms with van der Waals surface area (Å²) in [7, 11) is 1.35. The Labute approximate surface area is 143 Å². The van der Waals surface area contributed by atoms with Crippen LogP contribution in [-0.2, 0) is 11.3 Å². The highest BCUT2D eigenvalue weighted by Crippen LogP contribution is 2.22. The highest BCUT2D eigenvalue weighted by Gasteiger charge is 2.14. The number of nitro groups is 1. The van der Waals surface area contributed by atoms with Crippen molar-refractivity contribution in [1.82, 2.24) is 9.55 Å². The normalized spacial score (nSPS) is 10.4. The molecule has 7 nitrogen and oxygen atoms in total. The third kappa shape index (κ3) is 3.40. The Morgan fingerprint density at radius 2 is 1.92 bits per heavy atom. The van der Waals surface area contributed by atoms with Crippen LogP contribution in [0.1, 0.15) is 15.9 Å². The van der Waals surface area contributed by atoms with Gasteiger partial charge in [-0.2, -0.15) is 0 Å². The second kappa shape index (κ2) is 6.96. The van der Waals surface area contributed by atoms with Crippen LogP contribution in [0.15, 0.2) is 60.9 Å². The molecule has 0 N–H and O–H groups in total. The summed E-state index contributed by atoms with van der Waals surface area (Å²) in [5, 5.41) is 10.8. The summed E-state index contributed by atoms with van der Waals surface area (Å²) in [5.74, 6) is 0.266. The van der Waals surface area contributed by atoms with E-state index in [1.54, 1.807) is 36.7 Å². The fourth-order valence-corrected chi connectivity index (χ4v) is 2.58. The maximum absolute atomic E-state index is 11.9. The molecule has 1 aromatic heterocycles. The van der Waals surface area contributed by atoms with Gasteiger partial charge in [0, 0.05) is 36.6 Å². The molecule has 3 aromatic rings. The van der Waals surface area contributed by atoms with Crippen LogP contribution in [0, 0.1) is 10.1 Å². The summed E-state index contributed by atoms with van der Waals surface area (Å²) in [6.45, 7) is 0.428. The Balaban J connectivity index is 1.93. The molecular weight excluding hydrogens is 322 g/mol. The molecule has 7 heteroatoms. The summed E-state index contributed by atoms with van der Waals surface area (Å²) in [4.78, 5) is 26.6. The minimum absolute atomic E-state index is 0.0258. The van der Waals surface area contributed by atoms with E-state index in [1.165, 1.54) is 19.2 Å². The molecule has 0 amide bonds. The maximum Gasteiger partial charge on any atom is 0.338 e. The number of aromatic nitrogens is 2. The van der Waals surface area contributed by atoms with E-state index in [9.17, 15) is 14.9 Å². The first-order chi connectivity index (χ1) is 12.1. The molecule has 2 aromatic carbocycles. The van der Waals surface area contributed by atoms with Crippen molar-refractivity contribution in [1.29, 1.82) is 0 Å². The first kappa shape index (κ1) is 16.4. The Bertz CT molecular complexity index is 916. The van der Waals surface area contributed by atoms with Crippen LogP contribution in [0.2, 0.25) is 0 Å². The number of hydrogen-bond donors (Lipinski definition) is 0. The second-order valence-electron chi connectivity index (χ2n) is 5.33. The highest BCUT2D eigenvalue weighted by molar-refractivity contribution is 5.91. The highest BCUT2D eigenvalue weighted by atomic mass is 16.6. The van der Waals surface area contributed by atoms with Crippen molar-refractivity contribution < 1.29 is 14.5 Å². The number of methoxy groups -OCH3 is 1. The molecule has 0 aliphatic heterocycles. The monoisotopic (exact) mass is 337 g/mol. The standard InChI is InChI=1S/C18H15N3O4/c1-25-18(22)16-5-3-2-4-14(16)12-20-11-10-19-17(20)13-6-8-15(9-7-13)21(23)24/h2-11H,12H2,1H3. The predicted molar refractivity (Wildman–Crippen MR) is 91.2 cm³/mol. The van der Waals surface area contributed by atoms with Crippen LogP contribution in [0.25, 0.3) is 11.4 Å². The van der Waals surface area contributed by atoms with Gasteiger partial charge in [0.25, 0.3) is 5.69 Å². The lowest BCUT2D eigenvalue weighted by Gasteiger charge is -2.11. The van der Waals surface area contributed by atoms with Gasteiger partial charge in [0.1, 0.15) is 5.82 Å². The van der Waals surface area contributed by atoms with E-state index in [1.807, 2.05) is 16.7 Å². The van der Waals surface area contributed by atoms with Crippen molar-refractivity contribution in [2.24, 2.45) is 0 Å². The van der Waals surface area contributed by atoms with Gasteiger partial charge >= 0.3 is 5.97 Å². The number of esters is 1. The zero-order chi connectivity index (χ0) is 17.8. The molecule has 1 heterocycles. The number of nitrogens with zero attached hydrogens (tertiary/aromatic N) is 3. The quantitative estimate of drug-likeness (QED) is 0.405. The van der Waals surface area contributed by atoms with Crippen molar-refractivity contribution in [2.75, 3.05) is 7.11 Å². The van der Waals surface area contributed by atoms with Crippen LogP contribution in [0.4, 0.5) is 5.69 Å². The molecule has 0 radical (unpaired) electrons. The third-order valence-corrected chi connectivity index (χ3v) is 3.82. The molecule has 0 spiro atoms. The fourth-order valence-electron chi connectivity index (χ4n) is 2.58. The molecule has 0 bridgehead atoms. The van der Waals surface area contributed by atoms with E-state index in [0.717, 1.165) is 11.1 Å². The minimum atomic E-state index is -0.442. The van der Waals surface area contributed by atoms with Crippen molar-refractivity contribution in [3.63, 3.8) is 0 Å². The minimum Gasteiger partial charge on any atom is -0.465 e. The topological polar surface area (TPSA) is 87.3 Å². The van der Waals surface area contributed by atoms with Crippen molar-refractivity contribution in [3.8, 4) is 11.4 Å². The molecular formula is C18H15N3O4. The summed E-state index contributed by atoms with van der Waals surface area (Å²) in [6, 6.07) is 13.4. The van der Waals surface area contributed by atoms with Crippen molar-refractivity contribution in [3.05, 3.63) is 82.2 Å². The van der Waals surface area contributed by atoms with Gasteiger partial charge in [-0.05, 0) is 23.8 Å². The molecule has 0 saturated carbocycles. The number of non-ortho nitro benzene ring substituents is 1. The Morgan fingerprint density at radius 3 is 2.60 bits per heavy atom. The SMILES string of the molecule is COC(=O)c1ccccc1Cn1ccnc1-c1ccc([N+](=O)[O-])cc1. The molecule has 0 aliphatic rings. The number of imidazole rings is 1. The largest absolute Gasteiger partial charge is 0.465 e. The van der Waals surface area contributed by atoms with Gasteiger partial charge in [0.15, 0.2) is 0 Å². The molecule has 0 atom stereocenters. The van der Waals surface area contributed by atoms with Crippen LogP contribution in [0.3, 0.4) is 0 Å². The molecule has 3 rings (SSSR count). The Hall–Kier alpha value is -3.48. The van der Waals surface area contributed by atoms with E-state index in [2.05, 4.69) is 4.98 Å². The predicted octanol–water partition coefficient (Wildman–Crippen LogP) is 3.29. The van der Waals surface area contributed by atoms with E-state index < -0.39 is 10.9 Å². The number of ether oxygens (including phenoxy) is 1.